The molecule has 108 valence electrons. The molecule has 0 unspecified atom stereocenters. The van der Waals surface area contributed by atoms with Gasteiger partial charge in [0.15, 0.2) is 0 Å². The molecule has 0 atom stereocenters. The smallest absolute Gasteiger partial charge is 0.274 e. The van der Waals surface area contributed by atoms with Gasteiger partial charge in [0, 0.05) is 34.6 Å². The summed E-state index contributed by atoms with van der Waals surface area (Å²) in [4.78, 5) is 27.1. The number of nitro groups is 1. The number of benzene rings is 1. The van der Waals surface area contributed by atoms with Crippen molar-refractivity contribution in [3.05, 3.63) is 58.4 Å². The molecule has 1 aromatic carbocycles. The van der Waals surface area contributed by atoms with Crippen LogP contribution in [0.25, 0.3) is 0 Å². The second kappa shape index (κ2) is 6.85. The quantitative estimate of drug-likeness (QED) is 0.521. The second-order valence-electron chi connectivity index (χ2n) is 4.28. The zero-order valence-corrected chi connectivity index (χ0v) is 12.1. The lowest BCUT2D eigenvalue weighted by molar-refractivity contribution is -0.385. The van der Waals surface area contributed by atoms with Gasteiger partial charge in [-0.1, -0.05) is 6.07 Å². The average molecular weight is 303 g/mol. The van der Waals surface area contributed by atoms with Crippen LogP contribution in [-0.2, 0) is 4.79 Å². The molecule has 2 rings (SSSR count). The Morgan fingerprint density at radius 1 is 1.33 bits per heavy atom. The Labute approximate surface area is 125 Å². The van der Waals surface area contributed by atoms with Gasteiger partial charge in [-0.05, 0) is 25.1 Å². The van der Waals surface area contributed by atoms with Crippen LogP contribution in [0.1, 0.15) is 5.56 Å². The molecule has 0 radical (unpaired) electrons. The zero-order chi connectivity index (χ0) is 15.2. The molecule has 1 aromatic heterocycles. The van der Waals surface area contributed by atoms with Crippen LogP contribution in [0, 0.1) is 17.0 Å². The van der Waals surface area contributed by atoms with Gasteiger partial charge in [0.25, 0.3) is 5.69 Å². The number of anilines is 1. The van der Waals surface area contributed by atoms with E-state index < -0.39 is 4.92 Å². The Morgan fingerprint density at radius 2 is 2.05 bits per heavy atom. The van der Waals surface area contributed by atoms with Gasteiger partial charge in [0.05, 0.1) is 10.7 Å². The molecule has 0 bridgehead atoms. The number of carbonyl (C=O) groups is 1. The van der Waals surface area contributed by atoms with Gasteiger partial charge in [-0.15, -0.1) is 11.8 Å². The van der Waals surface area contributed by atoms with Crippen molar-refractivity contribution >= 4 is 29.0 Å². The van der Waals surface area contributed by atoms with E-state index in [1.165, 1.54) is 17.8 Å². The van der Waals surface area contributed by atoms with E-state index in [4.69, 9.17) is 0 Å². The first-order chi connectivity index (χ1) is 10.1. The number of carbonyl (C=O) groups excluding carboxylic acids is 1. The largest absolute Gasteiger partial charge is 0.325 e. The van der Waals surface area contributed by atoms with Crippen LogP contribution in [0.15, 0.2) is 47.6 Å². The SMILES string of the molecule is Cc1ccc(NC(=O)CSc2ccncc2)cc1[N+](=O)[O-]. The minimum atomic E-state index is -0.462. The first kappa shape index (κ1) is 15.0. The standard InChI is InChI=1S/C14H13N3O3S/c1-10-2-3-11(8-13(10)17(19)20)16-14(18)9-21-12-4-6-15-7-5-12/h2-8H,9H2,1H3,(H,16,18). The van der Waals surface area contributed by atoms with Crippen molar-refractivity contribution in [3.63, 3.8) is 0 Å². The number of nitrogens with zero attached hydrogens (tertiary/aromatic N) is 2. The van der Waals surface area contributed by atoms with E-state index >= 15 is 0 Å². The molecule has 0 aliphatic carbocycles. The normalized spacial score (nSPS) is 10.1. The maximum atomic E-state index is 11.8. The van der Waals surface area contributed by atoms with Crippen LogP contribution >= 0.6 is 11.8 Å². The lowest BCUT2D eigenvalue weighted by Crippen LogP contribution is -2.14. The molecular formula is C14H13N3O3S. The molecule has 0 saturated heterocycles. The maximum Gasteiger partial charge on any atom is 0.274 e. The van der Waals surface area contributed by atoms with Crippen molar-refractivity contribution in [2.24, 2.45) is 0 Å². The van der Waals surface area contributed by atoms with Gasteiger partial charge in [-0.25, -0.2) is 0 Å². The molecule has 0 spiro atoms. The Hall–Kier alpha value is -2.41. The minimum Gasteiger partial charge on any atom is -0.325 e. The lowest BCUT2D eigenvalue weighted by Gasteiger charge is -2.06. The molecule has 2 aromatic rings. The Bertz CT molecular complexity index is 662. The van der Waals surface area contributed by atoms with E-state index in [0.717, 1.165) is 4.90 Å². The molecular weight excluding hydrogens is 290 g/mol. The number of rotatable bonds is 5. The maximum absolute atomic E-state index is 11.8. The van der Waals surface area contributed by atoms with E-state index in [1.807, 2.05) is 12.1 Å². The number of nitrogens with one attached hydrogen (secondary N) is 1. The number of hydrogen-bond donors (Lipinski definition) is 1. The van der Waals surface area contributed by atoms with Crippen LogP contribution in [-0.4, -0.2) is 21.6 Å². The fourth-order valence-electron chi connectivity index (χ4n) is 1.66. The van der Waals surface area contributed by atoms with Crippen LogP contribution in [0.5, 0.6) is 0 Å². The molecule has 1 amide bonds. The summed E-state index contributed by atoms with van der Waals surface area (Å²) in [6.07, 6.45) is 3.31. The molecule has 0 saturated carbocycles. The first-order valence-electron chi connectivity index (χ1n) is 6.14. The third-order valence-electron chi connectivity index (χ3n) is 2.71. The van der Waals surface area contributed by atoms with Crippen molar-refractivity contribution in [1.29, 1.82) is 0 Å². The lowest BCUT2D eigenvalue weighted by atomic mass is 10.2. The van der Waals surface area contributed by atoms with Gasteiger partial charge in [-0.2, -0.15) is 0 Å². The molecule has 7 heteroatoms. The van der Waals surface area contributed by atoms with Gasteiger partial charge in [0.2, 0.25) is 5.91 Å². The predicted octanol–water partition coefficient (Wildman–Crippen LogP) is 3.03. The number of nitro benzene ring substituents is 1. The molecule has 0 aliphatic rings. The monoisotopic (exact) mass is 303 g/mol. The molecule has 1 heterocycles. The number of hydrogen-bond acceptors (Lipinski definition) is 5. The number of pyridine rings is 1. The van der Waals surface area contributed by atoms with E-state index in [1.54, 1.807) is 31.5 Å². The fourth-order valence-corrected chi connectivity index (χ4v) is 2.35. The molecule has 6 nitrogen and oxygen atoms in total. The summed E-state index contributed by atoms with van der Waals surface area (Å²) in [6, 6.07) is 8.26. The van der Waals surface area contributed by atoms with E-state index in [-0.39, 0.29) is 17.3 Å². The van der Waals surface area contributed by atoms with Crippen molar-refractivity contribution in [1.82, 2.24) is 4.98 Å². The highest BCUT2D eigenvalue weighted by atomic mass is 32.2. The molecule has 21 heavy (non-hydrogen) atoms. The van der Waals surface area contributed by atoms with Crippen molar-refractivity contribution < 1.29 is 9.72 Å². The Balaban J connectivity index is 1.97. The topological polar surface area (TPSA) is 85.1 Å². The summed E-state index contributed by atoms with van der Waals surface area (Å²) in [5.41, 5.74) is 0.978. The Kier molecular flexibility index (Phi) is 4.89. The number of thioether (sulfide) groups is 1. The summed E-state index contributed by atoms with van der Waals surface area (Å²) in [5.74, 6) is 0.0149. The zero-order valence-electron chi connectivity index (χ0n) is 11.3. The van der Waals surface area contributed by atoms with Gasteiger partial charge in [-0.3, -0.25) is 19.9 Å². The highest BCUT2D eigenvalue weighted by Gasteiger charge is 2.12. The van der Waals surface area contributed by atoms with Crippen LogP contribution in [0.4, 0.5) is 11.4 Å². The van der Waals surface area contributed by atoms with Crippen molar-refractivity contribution in [2.75, 3.05) is 11.1 Å². The highest BCUT2D eigenvalue weighted by Crippen LogP contribution is 2.23. The fraction of sp³-hybridized carbons (Fsp3) is 0.143. The van der Waals surface area contributed by atoms with E-state index in [0.29, 0.717) is 11.3 Å². The van der Waals surface area contributed by atoms with Crippen molar-refractivity contribution in [2.45, 2.75) is 11.8 Å². The minimum absolute atomic E-state index is 0.00501. The van der Waals surface area contributed by atoms with Gasteiger partial charge < -0.3 is 5.32 Å². The predicted molar refractivity (Wildman–Crippen MR) is 81.4 cm³/mol. The summed E-state index contributed by atoms with van der Waals surface area (Å²) in [6.45, 7) is 1.66. The third kappa shape index (κ3) is 4.28. The summed E-state index contributed by atoms with van der Waals surface area (Å²) in [5, 5.41) is 13.5. The van der Waals surface area contributed by atoms with Gasteiger partial charge in [0.1, 0.15) is 0 Å². The van der Waals surface area contributed by atoms with Crippen molar-refractivity contribution in [3.8, 4) is 0 Å². The summed E-state index contributed by atoms with van der Waals surface area (Å²) < 4.78 is 0. The van der Waals surface area contributed by atoms with Gasteiger partial charge >= 0.3 is 0 Å². The molecule has 0 aliphatic heterocycles. The highest BCUT2D eigenvalue weighted by molar-refractivity contribution is 8.00. The first-order valence-corrected chi connectivity index (χ1v) is 7.12. The van der Waals surface area contributed by atoms with Crippen LogP contribution in [0.3, 0.4) is 0 Å². The third-order valence-corrected chi connectivity index (χ3v) is 3.72. The van der Waals surface area contributed by atoms with E-state index in [2.05, 4.69) is 10.3 Å². The Morgan fingerprint density at radius 3 is 2.71 bits per heavy atom. The number of aromatic nitrogens is 1. The second-order valence-corrected chi connectivity index (χ2v) is 5.33. The van der Waals surface area contributed by atoms with Crippen LogP contribution in [0.2, 0.25) is 0 Å². The molecule has 1 N–H and O–H groups in total. The number of amides is 1. The van der Waals surface area contributed by atoms with E-state index in [9.17, 15) is 14.9 Å². The number of aryl methyl sites for hydroxylation is 1. The van der Waals surface area contributed by atoms with Crippen LogP contribution < -0.4 is 5.32 Å². The average Bonchev–Trinajstić information content (AvgIpc) is 2.48. The molecule has 0 fully saturated rings. The summed E-state index contributed by atoms with van der Waals surface area (Å²) in [7, 11) is 0. The summed E-state index contributed by atoms with van der Waals surface area (Å²) >= 11 is 1.38.